The van der Waals surface area contributed by atoms with E-state index in [-0.39, 0.29) is 5.88 Å². The molecule has 6 heteroatoms. The van der Waals surface area contributed by atoms with Crippen molar-refractivity contribution in [1.82, 2.24) is 4.98 Å². The molecule has 4 nitrogen and oxygen atoms in total. The molecule has 0 radical (unpaired) electrons. The van der Waals surface area contributed by atoms with E-state index in [4.69, 9.17) is 4.74 Å². The van der Waals surface area contributed by atoms with E-state index in [0.717, 1.165) is 6.20 Å². The predicted octanol–water partition coefficient (Wildman–Crippen LogP) is 2.11. The quantitative estimate of drug-likeness (QED) is 0.780. The molecule has 1 heterocycles. The highest BCUT2D eigenvalue weighted by Gasteiger charge is 2.18. The van der Waals surface area contributed by atoms with Crippen LogP contribution < -0.4 is 4.74 Å². The first-order chi connectivity index (χ1) is 7.84. The Labute approximate surface area is 103 Å². The van der Waals surface area contributed by atoms with Gasteiger partial charge in [0.25, 0.3) is 0 Å². The molecule has 0 aromatic carbocycles. The van der Waals surface area contributed by atoms with Crippen molar-refractivity contribution in [2.45, 2.75) is 25.5 Å². The summed E-state index contributed by atoms with van der Waals surface area (Å²) in [4.78, 5) is 3.75. The molecule has 0 aliphatic carbocycles. The lowest BCUT2D eigenvalue weighted by Crippen LogP contribution is -2.19. The summed E-state index contributed by atoms with van der Waals surface area (Å²) in [6.45, 7) is 5.42. The molecule has 0 bridgehead atoms. The first kappa shape index (κ1) is 13.8. The van der Waals surface area contributed by atoms with Crippen LogP contribution in [0.25, 0.3) is 0 Å². The Morgan fingerprint density at radius 3 is 2.71 bits per heavy atom. The lowest BCUT2D eigenvalue weighted by Gasteiger charge is -2.12. The van der Waals surface area contributed by atoms with E-state index in [1.165, 1.54) is 19.4 Å². The molecule has 1 rings (SSSR count). The van der Waals surface area contributed by atoms with Crippen LogP contribution in [-0.4, -0.2) is 27.3 Å². The van der Waals surface area contributed by atoms with E-state index in [1.807, 2.05) is 20.8 Å². The van der Waals surface area contributed by atoms with Crippen molar-refractivity contribution < 1.29 is 13.3 Å². The van der Waals surface area contributed by atoms with Crippen LogP contribution in [0, 0.1) is 5.82 Å². The van der Waals surface area contributed by atoms with Gasteiger partial charge >= 0.3 is 0 Å². The van der Waals surface area contributed by atoms with Gasteiger partial charge in [-0.3, -0.25) is 0 Å². The predicted molar refractivity (Wildman–Crippen MR) is 66.2 cm³/mol. The van der Waals surface area contributed by atoms with Gasteiger partial charge in [-0.15, -0.1) is 0 Å². The standard InChI is InChI=1S/C11H15FN2O2S/c1-11(2,3)17(15)14-6-8-5-9(12)7-13-10(8)16-4/h5-7H,1-4H3/b14-6+/t17-/m1/s1. The molecule has 0 spiro atoms. The third kappa shape index (κ3) is 3.89. The van der Waals surface area contributed by atoms with Crippen LogP contribution >= 0.6 is 0 Å². The van der Waals surface area contributed by atoms with Gasteiger partial charge in [-0.25, -0.2) is 13.6 Å². The van der Waals surface area contributed by atoms with E-state index >= 15 is 0 Å². The third-order valence-electron chi connectivity index (χ3n) is 1.85. The number of ether oxygens (including phenoxy) is 1. The summed E-state index contributed by atoms with van der Waals surface area (Å²) in [6, 6.07) is 1.23. The second kappa shape index (κ2) is 5.35. The van der Waals surface area contributed by atoms with Crippen LogP contribution in [-0.2, 0) is 11.0 Å². The van der Waals surface area contributed by atoms with Gasteiger partial charge in [0, 0.05) is 0 Å². The molecular formula is C11H15FN2O2S. The Kier molecular flexibility index (Phi) is 4.34. The maximum absolute atomic E-state index is 13.0. The Morgan fingerprint density at radius 2 is 2.18 bits per heavy atom. The van der Waals surface area contributed by atoms with Crippen molar-refractivity contribution in [3.05, 3.63) is 23.6 Å². The van der Waals surface area contributed by atoms with Gasteiger partial charge in [0.1, 0.15) is 16.8 Å². The van der Waals surface area contributed by atoms with Crippen LogP contribution in [0.1, 0.15) is 26.3 Å². The highest BCUT2D eigenvalue weighted by Crippen LogP contribution is 2.16. The smallest absolute Gasteiger partial charge is 0.222 e. The minimum atomic E-state index is -1.39. The Hall–Kier alpha value is -1.30. The van der Waals surface area contributed by atoms with E-state index in [9.17, 15) is 8.60 Å². The molecule has 0 aliphatic rings. The largest absolute Gasteiger partial charge is 0.481 e. The fraction of sp³-hybridized carbons (Fsp3) is 0.455. The van der Waals surface area contributed by atoms with Crippen molar-refractivity contribution in [3.8, 4) is 5.88 Å². The van der Waals surface area contributed by atoms with E-state index < -0.39 is 21.5 Å². The normalized spacial score (nSPS) is 13.9. The molecule has 0 N–H and O–H groups in total. The van der Waals surface area contributed by atoms with Crippen LogP contribution in [0.5, 0.6) is 5.88 Å². The fourth-order valence-electron chi connectivity index (χ4n) is 0.968. The zero-order valence-electron chi connectivity index (χ0n) is 10.2. The number of halogens is 1. The summed E-state index contributed by atoms with van der Waals surface area (Å²) in [5, 5.41) is 0. The van der Waals surface area contributed by atoms with Gasteiger partial charge in [-0.05, 0) is 26.8 Å². The number of rotatable bonds is 3. The number of pyridine rings is 1. The van der Waals surface area contributed by atoms with Crippen molar-refractivity contribution in [2.75, 3.05) is 7.11 Å². The van der Waals surface area contributed by atoms with E-state index in [2.05, 4.69) is 9.38 Å². The maximum Gasteiger partial charge on any atom is 0.222 e. The number of aromatic nitrogens is 1. The number of nitrogens with zero attached hydrogens (tertiary/aromatic N) is 2. The Bertz CT molecular complexity index is 455. The SMILES string of the molecule is COc1ncc(F)cc1/C=N/[S@](=O)C(C)(C)C. The lowest BCUT2D eigenvalue weighted by molar-refractivity contribution is 0.395. The van der Waals surface area contributed by atoms with Gasteiger partial charge in [-0.1, -0.05) is 0 Å². The average molecular weight is 258 g/mol. The summed E-state index contributed by atoms with van der Waals surface area (Å²) < 4.78 is 33.0. The van der Waals surface area contributed by atoms with Crippen LogP contribution in [0.4, 0.5) is 4.39 Å². The molecule has 0 amide bonds. The van der Waals surface area contributed by atoms with Crippen molar-refractivity contribution >= 4 is 17.2 Å². The topological polar surface area (TPSA) is 51.6 Å². The third-order valence-corrected chi connectivity index (χ3v) is 3.19. The second-order valence-corrected chi connectivity index (χ2v) is 6.28. The zero-order chi connectivity index (χ0) is 13.1. The first-order valence-corrected chi connectivity index (χ1v) is 6.11. The molecule has 0 unspecified atom stereocenters. The summed E-state index contributed by atoms with van der Waals surface area (Å²) in [6.07, 6.45) is 2.37. The monoisotopic (exact) mass is 258 g/mol. The van der Waals surface area contributed by atoms with Crippen LogP contribution in [0.15, 0.2) is 16.7 Å². The highest BCUT2D eigenvalue weighted by molar-refractivity contribution is 7.85. The summed E-state index contributed by atoms with van der Waals surface area (Å²) in [5.41, 5.74) is 0.366. The lowest BCUT2D eigenvalue weighted by atomic mass is 10.3. The zero-order valence-corrected chi connectivity index (χ0v) is 11.0. The maximum atomic E-state index is 13.0. The molecule has 1 atom stereocenters. The van der Waals surface area contributed by atoms with Gasteiger partial charge in [0.05, 0.1) is 29.8 Å². The fourth-order valence-corrected chi connectivity index (χ4v) is 1.49. The number of hydrogen-bond acceptors (Lipinski definition) is 3. The second-order valence-electron chi connectivity index (χ2n) is 4.35. The Morgan fingerprint density at radius 1 is 1.53 bits per heavy atom. The molecule has 94 valence electrons. The summed E-state index contributed by atoms with van der Waals surface area (Å²) in [7, 11) is 0.0378. The van der Waals surface area contributed by atoms with Gasteiger partial charge in [-0.2, -0.15) is 4.40 Å². The van der Waals surface area contributed by atoms with Gasteiger partial charge in [0.15, 0.2) is 0 Å². The van der Waals surface area contributed by atoms with E-state index in [1.54, 1.807) is 0 Å². The first-order valence-electron chi connectivity index (χ1n) is 5.00. The Balaban J connectivity index is 2.98. The van der Waals surface area contributed by atoms with Crippen LogP contribution in [0.2, 0.25) is 0 Å². The van der Waals surface area contributed by atoms with Crippen molar-refractivity contribution in [1.29, 1.82) is 0 Å². The van der Waals surface area contributed by atoms with Gasteiger partial charge in [0.2, 0.25) is 5.88 Å². The molecule has 0 saturated heterocycles. The summed E-state index contributed by atoms with van der Waals surface area (Å²) in [5.74, 6) is -0.241. The van der Waals surface area contributed by atoms with Crippen molar-refractivity contribution in [2.24, 2.45) is 4.40 Å². The molecule has 0 fully saturated rings. The molecule has 0 saturated carbocycles. The van der Waals surface area contributed by atoms with Crippen LogP contribution in [0.3, 0.4) is 0 Å². The van der Waals surface area contributed by atoms with Gasteiger partial charge < -0.3 is 4.74 Å². The molecular weight excluding hydrogens is 243 g/mol. The highest BCUT2D eigenvalue weighted by atomic mass is 32.2. The summed E-state index contributed by atoms with van der Waals surface area (Å²) >= 11 is 0. The molecule has 17 heavy (non-hydrogen) atoms. The average Bonchev–Trinajstić information content (AvgIpc) is 2.24. The minimum absolute atomic E-state index is 0.251. The molecule has 1 aromatic rings. The van der Waals surface area contributed by atoms with E-state index in [0.29, 0.717) is 5.56 Å². The van der Waals surface area contributed by atoms with Crippen molar-refractivity contribution in [3.63, 3.8) is 0 Å². The molecule has 1 aromatic heterocycles. The number of methoxy groups -OCH3 is 1. The molecule has 0 aliphatic heterocycles. The number of hydrogen-bond donors (Lipinski definition) is 0. The minimum Gasteiger partial charge on any atom is -0.481 e.